The molecule has 5 rings (SSSR count). The van der Waals surface area contributed by atoms with Crippen LogP contribution < -0.4 is 4.90 Å². The highest BCUT2D eigenvalue weighted by atomic mass is 19.1. The number of benzene rings is 3. The number of hydrogen-bond acceptors (Lipinski definition) is 3. The number of Topliss-reactive ketones (excluding diaryl/α,β-unsaturated/α-hetero) is 1. The summed E-state index contributed by atoms with van der Waals surface area (Å²) in [5.74, 6) is -1.17. The summed E-state index contributed by atoms with van der Waals surface area (Å²) in [7, 11) is 0. The van der Waals surface area contributed by atoms with Crippen LogP contribution in [0.15, 0.2) is 77.8 Å². The third kappa shape index (κ3) is 3.88. The van der Waals surface area contributed by atoms with Crippen molar-refractivity contribution in [2.45, 2.75) is 38.6 Å². The zero-order valence-corrected chi connectivity index (χ0v) is 18.7. The standard InChI is InChI=1S/C28H25FN2O2/c1-17-10-12-19(13-11-17)21-15-24-27(26(33)16-21)28(20-6-5-7-22(29)14-20)31(18(2)32)25-9-4-3-8-23(25)30-24/h3-14,21,27-28H,15-16H2,1-2H3. The lowest BCUT2D eigenvalue weighted by Crippen LogP contribution is -2.45. The molecule has 1 heterocycles. The highest BCUT2D eigenvalue weighted by Gasteiger charge is 2.45. The van der Waals surface area contributed by atoms with Crippen LogP contribution in [0.4, 0.5) is 15.8 Å². The first-order valence-corrected chi connectivity index (χ1v) is 11.2. The van der Waals surface area contributed by atoms with Crippen LogP contribution in [-0.4, -0.2) is 17.4 Å². The van der Waals surface area contributed by atoms with Crippen molar-refractivity contribution in [2.75, 3.05) is 4.90 Å². The Morgan fingerprint density at radius 1 is 0.970 bits per heavy atom. The highest BCUT2D eigenvalue weighted by molar-refractivity contribution is 6.13. The maximum Gasteiger partial charge on any atom is 0.224 e. The minimum atomic E-state index is -0.646. The topological polar surface area (TPSA) is 49.7 Å². The van der Waals surface area contributed by atoms with E-state index in [0.29, 0.717) is 29.8 Å². The summed E-state index contributed by atoms with van der Waals surface area (Å²) in [5, 5.41) is 0. The van der Waals surface area contributed by atoms with Crippen molar-refractivity contribution < 1.29 is 14.0 Å². The molecule has 0 N–H and O–H groups in total. The number of amides is 1. The van der Waals surface area contributed by atoms with E-state index in [4.69, 9.17) is 4.99 Å². The number of rotatable bonds is 2. The lowest BCUT2D eigenvalue weighted by Gasteiger charge is -2.38. The number of hydrogen-bond donors (Lipinski definition) is 0. The fourth-order valence-corrected chi connectivity index (χ4v) is 5.17. The molecule has 33 heavy (non-hydrogen) atoms. The number of fused-ring (bicyclic) bond motifs is 2. The normalized spacial score (nSPS) is 22.2. The van der Waals surface area contributed by atoms with Gasteiger partial charge in [-0.25, -0.2) is 4.39 Å². The molecule has 2 aliphatic rings. The second kappa shape index (κ2) is 8.39. The molecule has 1 amide bonds. The van der Waals surface area contributed by atoms with Crippen molar-refractivity contribution in [3.05, 3.63) is 95.3 Å². The van der Waals surface area contributed by atoms with Gasteiger partial charge >= 0.3 is 0 Å². The van der Waals surface area contributed by atoms with Gasteiger partial charge in [0.2, 0.25) is 5.91 Å². The summed E-state index contributed by atoms with van der Waals surface area (Å²) < 4.78 is 14.3. The number of anilines is 1. The number of aliphatic imine (C=N–C) groups is 1. The zero-order valence-electron chi connectivity index (χ0n) is 18.7. The fourth-order valence-electron chi connectivity index (χ4n) is 5.17. The molecule has 166 valence electrons. The number of aryl methyl sites for hydroxylation is 1. The molecule has 3 atom stereocenters. The first-order chi connectivity index (χ1) is 15.9. The molecule has 1 fully saturated rings. The van der Waals surface area contributed by atoms with Crippen LogP contribution in [0.3, 0.4) is 0 Å². The van der Waals surface area contributed by atoms with E-state index in [9.17, 15) is 14.0 Å². The number of halogens is 1. The summed E-state index contributed by atoms with van der Waals surface area (Å²) in [6.07, 6.45) is 0.978. The minimum absolute atomic E-state index is 0.0253. The molecule has 3 aromatic carbocycles. The smallest absolute Gasteiger partial charge is 0.224 e. The lowest BCUT2D eigenvalue weighted by molar-refractivity contribution is -0.123. The van der Waals surface area contributed by atoms with E-state index >= 15 is 0 Å². The molecule has 0 saturated heterocycles. The van der Waals surface area contributed by atoms with Crippen LogP contribution in [0.1, 0.15) is 48.4 Å². The van der Waals surface area contributed by atoms with Crippen LogP contribution in [-0.2, 0) is 9.59 Å². The molecule has 0 bridgehead atoms. The second-order valence-corrected chi connectivity index (χ2v) is 8.94. The van der Waals surface area contributed by atoms with Crippen molar-refractivity contribution in [1.29, 1.82) is 0 Å². The van der Waals surface area contributed by atoms with Crippen LogP contribution in [0, 0.1) is 18.7 Å². The average molecular weight is 441 g/mol. The van der Waals surface area contributed by atoms with Crippen molar-refractivity contribution >= 4 is 28.8 Å². The van der Waals surface area contributed by atoms with Gasteiger partial charge in [0.25, 0.3) is 0 Å². The van der Waals surface area contributed by atoms with Gasteiger partial charge in [-0.05, 0) is 54.7 Å². The van der Waals surface area contributed by atoms with E-state index in [1.54, 1.807) is 17.0 Å². The molecule has 3 aromatic rings. The first-order valence-electron chi connectivity index (χ1n) is 11.2. The van der Waals surface area contributed by atoms with E-state index < -0.39 is 17.8 Å². The predicted octanol–water partition coefficient (Wildman–Crippen LogP) is 6.08. The quantitative estimate of drug-likeness (QED) is 0.485. The van der Waals surface area contributed by atoms with E-state index in [1.807, 2.05) is 31.2 Å². The largest absolute Gasteiger partial charge is 0.302 e. The highest BCUT2D eigenvalue weighted by Crippen LogP contribution is 2.47. The van der Waals surface area contributed by atoms with Crippen LogP contribution in [0.25, 0.3) is 0 Å². The summed E-state index contributed by atoms with van der Waals surface area (Å²) in [6, 6.07) is 21.3. The number of para-hydroxylation sites is 2. The molecular weight excluding hydrogens is 415 g/mol. The first kappa shape index (κ1) is 21.3. The Morgan fingerprint density at radius 3 is 2.45 bits per heavy atom. The average Bonchev–Trinajstić information content (AvgIpc) is 2.94. The molecule has 1 aliphatic heterocycles. The third-order valence-electron chi connectivity index (χ3n) is 6.69. The van der Waals surface area contributed by atoms with Gasteiger partial charge in [0.05, 0.1) is 23.3 Å². The maximum atomic E-state index is 14.3. The Morgan fingerprint density at radius 2 is 1.73 bits per heavy atom. The predicted molar refractivity (Wildman–Crippen MR) is 127 cm³/mol. The zero-order chi connectivity index (χ0) is 23.1. The number of carbonyl (C=O) groups is 2. The summed E-state index contributed by atoms with van der Waals surface area (Å²) in [5.41, 5.74) is 4.93. The van der Waals surface area contributed by atoms with Crippen molar-refractivity contribution in [3.8, 4) is 0 Å². The monoisotopic (exact) mass is 440 g/mol. The molecule has 3 unspecified atom stereocenters. The van der Waals surface area contributed by atoms with Crippen LogP contribution in [0.5, 0.6) is 0 Å². The molecule has 5 heteroatoms. The second-order valence-electron chi connectivity index (χ2n) is 8.94. The number of nitrogens with zero attached hydrogens (tertiary/aromatic N) is 2. The summed E-state index contributed by atoms with van der Waals surface area (Å²) >= 11 is 0. The Hall–Kier alpha value is -3.60. The molecular formula is C28H25FN2O2. The van der Waals surface area contributed by atoms with Crippen LogP contribution in [0.2, 0.25) is 0 Å². The van der Waals surface area contributed by atoms with Gasteiger partial charge in [-0.2, -0.15) is 0 Å². The fraction of sp³-hybridized carbons (Fsp3) is 0.250. The van der Waals surface area contributed by atoms with Gasteiger partial charge < -0.3 is 4.90 Å². The molecule has 4 nitrogen and oxygen atoms in total. The van der Waals surface area contributed by atoms with Gasteiger partial charge in [0, 0.05) is 19.1 Å². The number of ketones is 1. The molecule has 1 saturated carbocycles. The van der Waals surface area contributed by atoms with Gasteiger partial charge in [-0.15, -0.1) is 0 Å². The van der Waals surface area contributed by atoms with Gasteiger partial charge in [0.15, 0.2) is 0 Å². The third-order valence-corrected chi connectivity index (χ3v) is 6.69. The summed E-state index contributed by atoms with van der Waals surface area (Å²) in [4.78, 5) is 33.2. The Balaban J connectivity index is 1.67. The van der Waals surface area contributed by atoms with Gasteiger partial charge in [-0.1, -0.05) is 54.1 Å². The van der Waals surface area contributed by atoms with Gasteiger partial charge in [0.1, 0.15) is 11.6 Å². The Labute approximate surface area is 192 Å². The van der Waals surface area contributed by atoms with Gasteiger partial charge in [-0.3, -0.25) is 14.6 Å². The Kier molecular flexibility index (Phi) is 5.41. The molecule has 1 aliphatic carbocycles. The minimum Gasteiger partial charge on any atom is -0.302 e. The SMILES string of the molecule is CC(=O)N1c2ccccc2N=C2CC(c3ccc(C)cc3)CC(=O)C2C1c1cccc(F)c1. The van der Waals surface area contributed by atoms with Crippen LogP contribution >= 0.6 is 0 Å². The summed E-state index contributed by atoms with van der Waals surface area (Å²) in [6.45, 7) is 3.52. The maximum absolute atomic E-state index is 14.3. The van der Waals surface area contributed by atoms with E-state index in [0.717, 1.165) is 11.3 Å². The van der Waals surface area contributed by atoms with Crippen molar-refractivity contribution in [3.63, 3.8) is 0 Å². The van der Waals surface area contributed by atoms with Crippen molar-refractivity contribution in [2.24, 2.45) is 10.9 Å². The van der Waals surface area contributed by atoms with E-state index in [1.165, 1.54) is 24.6 Å². The Bertz CT molecular complexity index is 1260. The molecule has 0 radical (unpaired) electrons. The lowest BCUT2D eigenvalue weighted by atomic mass is 9.72. The molecule has 0 aromatic heterocycles. The van der Waals surface area contributed by atoms with Crippen molar-refractivity contribution in [1.82, 2.24) is 0 Å². The molecule has 0 spiro atoms. The van der Waals surface area contributed by atoms with E-state index in [2.05, 4.69) is 24.3 Å². The number of carbonyl (C=O) groups excluding carboxylic acids is 2. The van der Waals surface area contributed by atoms with E-state index in [-0.39, 0.29) is 17.6 Å².